The molecule has 0 aliphatic heterocycles. The Morgan fingerprint density at radius 2 is 2.20 bits per heavy atom. The standard InChI is InChI=1S/C16H19N3S/c1-19(12-9-14-5-2-3-11-18-14)13-16-8-7-15(20-16)6-4-10-17/h2-3,5,7-8,11H,9-10,12-13,17H2,1H3. The van der Waals surface area contributed by atoms with Crippen molar-refractivity contribution >= 4 is 11.3 Å². The molecule has 2 aromatic heterocycles. The van der Waals surface area contributed by atoms with Gasteiger partial charge in [0.15, 0.2) is 0 Å². The molecule has 0 amide bonds. The molecule has 2 rings (SSSR count). The highest BCUT2D eigenvalue weighted by Gasteiger charge is 2.04. The van der Waals surface area contributed by atoms with Gasteiger partial charge in [-0.2, -0.15) is 0 Å². The Bertz CT molecular complexity index is 581. The average molecular weight is 285 g/mol. The average Bonchev–Trinajstić information content (AvgIpc) is 2.91. The maximum Gasteiger partial charge on any atom is 0.0772 e. The molecule has 0 spiro atoms. The van der Waals surface area contributed by atoms with E-state index in [1.54, 1.807) is 11.3 Å². The SMILES string of the molecule is CN(CCc1ccccn1)Cc1ccc(C#CCN)s1. The minimum Gasteiger partial charge on any atom is -0.320 e. The van der Waals surface area contributed by atoms with Gasteiger partial charge in [0, 0.05) is 36.3 Å². The van der Waals surface area contributed by atoms with Crippen LogP contribution in [0.2, 0.25) is 0 Å². The number of thiophene rings is 1. The second-order valence-electron chi connectivity index (χ2n) is 4.58. The molecule has 0 saturated heterocycles. The first kappa shape index (κ1) is 14.7. The van der Waals surface area contributed by atoms with Gasteiger partial charge in [-0.3, -0.25) is 4.98 Å². The van der Waals surface area contributed by atoms with Crippen molar-refractivity contribution in [3.63, 3.8) is 0 Å². The van der Waals surface area contributed by atoms with Crippen molar-refractivity contribution in [1.29, 1.82) is 0 Å². The number of nitrogens with zero attached hydrogens (tertiary/aromatic N) is 2. The van der Waals surface area contributed by atoms with Crippen molar-refractivity contribution < 1.29 is 0 Å². The first-order valence-corrected chi connectivity index (χ1v) is 7.45. The zero-order chi connectivity index (χ0) is 14.2. The van der Waals surface area contributed by atoms with Crippen LogP contribution >= 0.6 is 11.3 Å². The molecule has 20 heavy (non-hydrogen) atoms. The third kappa shape index (κ3) is 4.78. The summed E-state index contributed by atoms with van der Waals surface area (Å²) < 4.78 is 0. The van der Waals surface area contributed by atoms with Crippen LogP contribution in [0.5, 0.6) is 0 Å². The molecular weight excluding hydrogens is 266 g/mol. The molecule has 2 N–H and O–H groups in total. The zero-order valence-corrected chi connectivity index (χ0v) is 12.5. The third-order valence-electron chi connectivity index (χ3n) is 2.88. The Balaban J connectivity index is 1.82. The van der Waals surface area contributed by atoms with Gasteiger partial charge >= 0.3 is 0 Å². The maximum absolute atomic E-state index is 5.38. The number of hydrogen-bond acceptors (Lipinski definition) is 4. The fourth-order valence-electron chi connectivity index (χ4n) is 1.86. The van der Waals surface area contributed by atoms with Crippen molar-refractivity contribution in [2.75, 3.05) is 20.1 Å². The molecule has 0 unspecified atom stereocenters. The molecule has 2 aromatic rings. The van der Waals surface area contributed by atoms with E-state index in [4.69, 9.17) is 5.73 Å². The predicted molar refractivity (Wildman–Crippen MR) is 84.5 cm³/mol. The Hall–Kier alpha value is -1.67. The summed E-state index contributed by atoms with van der Waals surface area (Å²) in [7, 11) is 2.13. The molecule has 4 heteroatoms. The molecule has 0 fully saturated rings. The third-order valence-corrected chi connectivity index (χ3v) is 3.86. The van der Waals surface area contributed by atoms with Crippen LogP contribution < -0.4 is 5.73 Å². The highest BCUT2D eigenvalue weighted by molar-refractivity contribution is 7.12. The smallest absolute Gasteiger partial charge is 0.0772 e. The van der Waals surface area contributed by atoms with Crippen molar-refractivity contribution in [3.05, 3.63) is 52.0 Å². The van der Waals surface area contributed by atoms with E-state index in [0.29, 0.717) is 6.54 Å². The summed E-state index contributed by atoms with van der Waals surface area (Å²) in [6, 6.07) is 10.3. The van der Waals surface area contributed by atoms with Crippen LogP contribution in [0, 0.1) is 11.8 Å². The summed E-state index contributed by atoms with van der Waals surface area (Å²) in [4.78, 5) is 9.06. The summed E-state index contributed by atoms with van der Waals surface area (Å²) in [5, 5.41) is 0. The van der Waals surface area contributed by atoms with Crippen molar-refractivity contribution in [2.45, 2.75) is 13.0 Å². The molecule has 0 aliphatic carbocycles. The molecule has 0 aromatic carbocycles. The summed E-state index contributed by atoms with van der Waals surface area (Å²) in [6.45, 7) is 2.36. The Morgan fingerprint density at radius 3 is 2.95 bits per heavy atom. The molecule has 0 saturated carbocycles. The van der Waals surface area contributed by atoms with Gasteiger partial charge in [-0.1, -0.05) is 17.9 Å². The second kappa shape index (κ2) is 7.81. The van der Waals surface area contributed by atoms with Crippen molar-refractivity contribution in [1.82, 2.24) is 9.88 Å². The number of aromatic nitrogens is 1. The van der Waals surface area contributed by atoms with Crippen LogP contribution in [-0.2, 0) is 13.0 Å². The number of rotatable bonds is 5. The van der Waals surface area contributed by atoms with Gasteiger partial charge in [0.1, 0.15) is 0 Å². The Labute approximate surface area is 124 Å². The van der Waals surface area contributed by atoms with Gasteiger partial charge in [-0.05, 0) is 31.3 Å². The lowest BCUT2D eigenvalue weighted by Gasteiger charge is -2.14. The highest BCUT2D eigenvalue weighted by atomic mass is 32.1. The van der Waals surface area contributed by atoms with Crippen LogP contribution in [0.15, 0.2) is 36.5 Å². The maximum atomic E-state index is 5.38. The van der Waals surface area contributed by atoms with E-state index in [2.05, 4.69) is 47.0 Å². The summed E-state index contributed by atoms with van der Waals surface area (Å²) in [5.74, 6) is 5.95. The Morgan fingerprint density at radius 1 is 1.30 bits per heavy atom. The van der Waals surface area contributed by atoms with Gasteiger partial charge in [-0.25, -0.2) is 0 Å². The molecule has 0 aliphatic rings. The van der Waals surface area contributed by atoms with Crippen LogP contribution in [-0.4, -0.2) is 30.0 Å². The largest absolute Gasteiger partial charge is 0.320 e. The lowest BCUT2D eigenvalue weighted by molar-refractivity contribution is 0.333. The zero-order valence-electron chi connectivity index (χ0n) is 11.7. The van der Waals surface area contributed by atoms with E-state index in [1.165, 1.54) is 4.88 Å². The second-order valence-corrected chi connectivity index (χ2v) is 5.75. The van der Waals surface area contributed by atoms with Crippen molar-refractivity contribution in [2.24, 2.45) is 5.73 Å². The number of likely N-dealkylation sites (N-methyl/N-ethyl adjacent to an activating group) is 1. The normalized spacial score (nSPS) is 10.3. The number of hydrogen-bond donors (Lipinski definition) is 1. The predicted octanol–water partition coefficient (Wildman–Crippen LogP) is 2.13. The van der Waals surface area contributed by atoms with Crippen molar-refractivity contribution in [3.8, 4) is 11.8 Å². The van der Waals surface area contributed by atoms with E-state index in [1.807, 2.05) is 18.3 Å². The van der Waals surface area contributed by atoms with Gasteiger partial charge in [0.25, 0.3) is 0 Å². The summed E-state index contributed by atoms with van der Waals surface area (Å²) >= 11 is 1.74. The van der Waals surface area contributed by atoms with Gasteiger partial charge in [-0.15, -0.1) is 11.3 Å². The quantitative estimate of drug-likeness (QED) is 0.856. The molecule has 0 atom stereocenters. The van der Waals surface area contributed by atoms with Crippen LogP contribution in [0.3, 0.4) is 0 Å². The highest BCUT2D eigenvalue weighted by Crippen LogP contribution is 2.17. The molecule has 104 valence electrons. The van der Waals surface area contributed by atoms with Crippen LogP contribution in [0.4, 0.5) is 0 Å². The first-order valence-electron chi connectivity index (χ1n) is 6.64. The van der Waals surface area contributed by atoms with E-state index in [-0.39, 0.29) is 0 Å². The minimum absolute atomic E-state index is 0.414. The monoisotopic (exact) mass is 285 g/mol. The molecule has 0 radical (unpaired) electrons. The fourth-order valence-corrected chi connectivity index (χ4v) is 2.83. The van der Waals surface area contributed by atoms with Gasteiger partial charge in [0.05, 0.1) is 11.4 Å². The van der Waals surface area contributed by atoms with Gasteiger partial charge in [0.2, 0.25) is 0 Å². The Kier molecular flexibility index (Phi) is 5.75. The summed E-state index contributed by atoms with van der Waals surface area (Å²) in [5.41, 5.74) is 6.51. The van der Waals surface area contributed by atoms with E-state index >= 15 is 0 Å². The van der Waals surface area contributed by atoms with Gasteiger partial charge < -0.3 is 10.6 Å². The van der Waals surface area contributed by atoms with E-state index in [9.17, 15) is 0 Å². The number of nitrogens with two attached hydrogens (primary N) is 1. The fraction of sp³-hybridized carbons (Fsp3) is 0.312. The molecular formula is C16H19N3S. The van der Waals surface area contributed by atoms with E-state index in [0.717, 1.165) is 30.1 Å². The number of pyridine rings is 1. The lowest BCUT2D eigenvalue weighted by atomic mass is 10.2. The molecule has 0 bridgehead atoms. The van der Waals surface area contributed by atoms with E-state index < -0.39 is 0 Å². The first-order chi connectivity index (χ1) is 9.78. The molecule has 3 nitrogen and oxygen atoms in total. The minimum atomic E-state index is 0.414. The van der Waals surface area contributed by atoms with Crippen LogP contribution in [0.1, 0.15) is 15.4 Å². The summed E-state index contributed by atoms with van der Waals surface area (Å²) in [6.07, 6.45) is 2.82. The van der Waals surface area contributed by atoms with Crippen LogP contribution in [0.25, 0.3) is 0 Å². The lowest BCUT2D eigenvalue weighted by Crippen LogP contribution is -2.20. The molecule has 2 heterocycles. The topological polar surface area (TPSA) is 42.2 Å².